The number of hydrogen-bond acceptors (Lipinski definition) is 6. The number of unbranched alkanes of at least 4 members (excludes halogenated alkanes) is 3. The number of pyridine rings is 1. The van der Waals surface area contributed by atoms with E-state index in [9.17, 15) is 10.2 Å². The van der Waals surface area contributed by atoms with Gasteiger partial charge in [0.2, 0.25) is 0 Å². The first kappa shape index (κ1) is 23.3. The van der Waals surface area contributed by atoms with E-state index in [1.54, 1.807) is 6.07 Å². The summed E-state index contributed by atoms with van der Waals surface area (Å²) < 4.78 is 5.66. The van der Waals surface area contributed by atoms with E-state index in [-0.39, 0.29) is 18.1 Å². The van der Waals surface area contributed by atoms with Gasteiger partial charge in [0.25, 0.3) is 0 Å². The number of ether oxygens (including phenoxy) is 1. The number of nitrogens with zero attached hydrogens (tertiary/aromatic N) is 1. The fourth-order valence-corrected chi connectivity index (χ4v) is 3.09. The maximum atomic E-state index is 10.1. The summed E-state index contributed by atoms with van der Waals surface area (Å²) in [6, 6.07) is 13.6. The highest BCUT2D eigenvalue weighted by atomic mass is 16.5. The molecule has 6 heteroatoms. The molecule has 1 aromatic heterocycles. The molecule has 4 N–H and O–H groups in total. The highest BCUT2D eigenvalue weighted by Crippen LogP contribution is 2.18. The van der Waals surface area contributed by atoms with E-state index in [0.717, 1.165) is 32.4 Å². The number of benzene rings is 1. The Kier molecular flexibility index (Phi) is 11.3. The number of hydrogen-bond donors (Lipinski definition) is 4. The molecule has 1 aromatic carbocycles. The Balaban J connectivity index is 1.41. The number of aromatic nitrogens is 1. The van der Waals surface area contributed by atoms with Crippen LogP contribution in [0.1, 0.15) is 55.2 Å². The molecule has 0 fully saturated rings. The number of aliphatic hydroxyl groups excluding tert-OH is 2. The van der Waals surface area contributed by atoms with Crippen LogP contribution in [0, 0.1) is 0 Å². The van der Waals surface area contributed by atoms with Gasteiger partial charge in [-0.25, -0.2) is 4.98 Å². The quantitative estimate of drug-likeness (QED) is 0.342. The van der Waals surface area contributed by atoms with Crippen molar-refractivity contribution in [2.45, 2.75) is 51.2 Å². The van der Waals surface area contributed by atoms with Crippen molar-refractivity contribution < 1.29 is 20.1 Å². The predicted molar refractivity (Wildman–Crippen MR) is 114 cm³/mol. The molecule has 29 heavy (non-hydrogen) atoms. The van der Waals surface area contributed by atoms with Gasteiger partial charge in [-0.15, -0.1) is 0 Å². The summed E-state index contributed by atoms with van der Waals surface area (Å²) in [6.07, 6.45) is 6.02. The number of aromatic hydroxyl groups is 1. The molecule has 160 valence electrons. The number of nitrogens with one attached hydrogen (secondary N) is 1. The smallest absolute Gasteiger partial charge is 0.139 e. The van der Waals surface area contributed by atoms with Crippen molar-refractivity contribution in [3.63, 3.8) is 0 Å². The van der Waals surface area contributed by atoms with Gasteiger partial charge >= 0.3 is 0 Å². The average molecular weight is 403 g/mol. The van der Waals surface area contributed by atoms with Gasteiger partial charge in [-0.2, -0.15) is 0 Å². The second kappa shape index (κ2) is 14.1. The van der Waals surface area contributed by atoms with Gasteiger partial charge in [-0.1, -0.05) is 43.2 Å². The molecule has 0 saturated carbocycles. The highest BCUT2D eigenvalue weighted by Gasteiger charge is 2.11. The molecule has 0 radical (unpaired) electrons. The molecule has 0 saturated heterocycles. The van der Waals surface area contributed by atoms with Crippen molar-refractivity contribution in [2.24, 2.45) is 0 Å². The SMILES string of the molecule is OCc1nc(C(O)CNCCCOCCCCCCc2ccccc2)ccc1O. The molecular formula is C23H34N2O4. The Morgan fingerprint density at radius 1 is 0.931 bits per heavy atom. The molecule has 0 aliphatic heterocycles. The van der Waals surface area contributed by atoms with Crippen molar-refractivity contribution in [1.29, 1.82) is 0 Å². The van der Waals surface area contributed by atoms with E-state index in [1.165, 1.54) is 30.9 Å². The first-order chi connectivity index (χ1) is 14.2. The Morgan fingerprint density at radius 2 is 1.69 bits per heavy atom. The molecule has 0 bridgehead atoms. The van der Waals surface area contributed by atoms with E-state index < -0.39 is 6.10 Å². The first-order valence-corrected chi connectivity index (χ1v) is 10.5. The summed E-state index contributed by atoms with van der Waals surface area (Å²) in [6.45, 7) is 2.27. The maximum Gasteiger partial charge on any atom is 0.139 e. The van der Waals surface area contributed by atoms with Crippen molar-refractivity contribution in [3.8, 4) is 5.75 Å². The third-order valence-electron chi connectivity index (χ3n) is 4.79. The second-order valence-electron chi connectivity index (χ2n) is 7.20. The lowest BCUT2D eigenvalue weighted by Crippen LogP contribution is -2.24. The maximum absolute atomic E-state index is 10.1. The Morgan fingerprint density at radius 3 is 2.48 bits per heavy atom. The van der Waals surface area contributed by atoms with Crippen LogP contribution in [0.15, 0.2) is 42.5 Å². The van der Waals surface area contributed by atoms with Gasteiger partial charge in [0.15, 0.2) is 0 Å². The van der Waals surface area contributed by atoms with Crippen LogP contribution < -0.4 is 5.32 Å². The Labute approximate surface area is 173 Å². The molecule has 0 spiro atoms. The van der Waals surface area contributed by atoms with E-state index in [4.69, 9.17) is 9.84 Å². The van der Waals surface area contributed by atoms with Gasteiger partial charge in [0, 0.05) is 19.8 Å². The van der Waals surface area contributed by atoms with Gasteiger partial charge in [-0.3, -0.25) is 0 Å². The van der Waals surface area contributed by atoms with Crippen LogP contribution in [-0.4, -0.2) is 46.6 Å². The largest absolute Gasteiger partial charge is 0.506 e. The van der Waals surface area contributed by atoms with E-state index in [1.807, 2.05) is 0 Å². The fourth-order valence-electron chi connectivity index (χ4n) is 3.09. The molecule has 0 amide bonds. The molecule has 6 nitrogen and oxygen atoms in total. The zero-order chi connectivity index (χ0) is 20.7. The van der Waals surface area contributed by atoms with Crippen molar-refractivity contribution >= 4 is 0 Å². The normalized spacial score (nSPS) is 12.2. The molecular weight excluding hydrogens is 368 g/mol. The predicted octanol–water partition coefficient (Wildman–Crippen LogP) is 3.11. The number of rotatable bonds is 15. The van der Waals surface area contributed by atoms with Crippen LogP contribution in [0.4, 0.5) is 0 Å². The third-order valence-corrected chi connectivity index (χ3v) is 4.79. The summed E-state index contributed by atoms with van der Waals surface area (Å²) in [5.74, 6) is -0.0650. The van der Waals surface area contributed by atoms with Gasteiger partial charge < -0.3 is 25.4 Å². The van der Waals surface area contributed by atoms with E-state index in [2.05, 4.69) is 40.6 Å². The van der Waals surface area contributed by atoms with E-state index >= 15 is 0 Å². The Hall–Kier alpha value is -1.99. The van der Waals surface area contributed by atoms with Crippen LogP contribution >= 0.6 is 0 Å². The summed E-state index contributed by atoms with van der Waals surface area (Å²) in [4.78, 5) is 4.06. The second-order valence-corrected chi connectivity index (χ2v) is 7.20. The molecule has 1 heterocycles. The van der Waals surface area contributed by atoms with Crippen LogP contribution in [0.25, 0.3) is 0 Å². The third kappa shape index (κ3) is 9.37. The minimum atomic E-state index is -0.780. The number of aryl methyl sites for hydroxylation is 1. The Bertz CT molecular complexity index is 682. The lowest BCUT2D eigenvalue weighted by atomic mass is 10.1. The molecule has 0 aliphatic carbocycles. The van der Waals surface area contributed by atoms with Crippen LogP contribution in [0.2, 0.25) is 0 Å². The topological polar surface area (TPSA) is 94.8 Å². The summed E-state index contributed by atoms with van der Waals surface area (Å²) in [5, 5.41) is 31.9. The van der Waals surface area contributed by atoms with Crippen LogP contribution in [0.3, 0.4) is 0 Å². The van der Waals surface area contributed by atoms with Crippen molar-refractivity contribution in [1.82, 2.24) is 10.3 Å². The molecule has 2 rings (SSSR count). The van der Waals surface area contributed by atoms with Crippen molar-refractivity contribution in [3.05, 3.63) is 59.4 Å². The fraction of sp³-hybridized carbons (Fsp3) is 0.522. The van der Waals surface area contributed by atoms with Crippen LogP contribution in [-0.2, 0) is 17.8 Å². The molecule has 1 unspecified atom stereocenters. The van der Waals surface area contributed by atoms with E-state index in [0.29, 0.717) is 18.8 Å². The van der Waals surface area contributed by atoms with Gasteiger partial charge in [-0.05, 0) is 49.9 Å². The summed E-state index contributed by atoms with van der Waals surface area (Å²) in [5.41, 5.74) is 2.02. The standard InChI is InChI=1S/C23H34N2O4/c26-18-21-22(27)13-12-20(25-21)23(28)17-24-14-8-16-29-15-7-2-1-4-9-19-10-5-3-6-11-19/h3,5-6,10-13,23-24,26-28H,1-2,4,7-9,14-18H2. The lowest BCUT2D eigenvalue weighted by Gasteiger charge is -2.13. The monoisotopic (exact) mass is 402 g/mol. The molecule has 0 aliphatic rings. The number of aliphatic hydroxyl groups is 2. The highest BCUT2D eigenvalue weighted by molar-refractivity contribution is 5.28. The zero-order valence-corrected chi connectivity index (χ0v) is 17.1. The van der Waals surface area contributed by atoms with Crippen molar-refractivity contribution in [2.75, 3.05) is 26.3 Å². The first-order valence-electron chi connectivity index (χ1n) is 10.5. The minimum absolute atomic E-state index is 0.0650. The molecule has 1 atom stereocenters. The molecule has 2 aromatic rings. The summed E-state index contributed by atoms with van der Waals surface area (Å²) in [7, 11) is 0. The van der Waals surface area contributed by atoms with Gasteiger partial charge in [0.05, 0.1) is 12.3 Å². The summed E-state index contributed by atoms with van der Waals surface area (Å²) >= 11 is 0. The average Bonchev–Trinajstić information content (AvgIpc) is 2.75. The zero-order valence-electron chi connectivity index (χ0n) is 17.1. The van der Waals surface area contributed by atoms with Crippen LogP contribution in [0.5, 0.6) is 5.75 Å². The van der Waals surface area contributed by atoms with Gasteiger partial charge in [0.1, 0.15) is 17.5 Å². The lowest BCUT2D eigenvalue weighted by molar-refractivity contribution is 0.125. The minimum Gasteiger partial charge on any atom is -0.506 e.